The first-order valence-corrected chi connectivity index (χ1v) is 6.97. The van der Waals surface area contributed by atoms with Gasteiger partial charge in [-0.05, 0) is 28.1 Å². The molecule has 98 valence electrons. The van der Waals surface area contributed by atoms with E-state index in [2.05, 4.69) is 31.9 Å². The topological polar surface area (TPSA) is 52.4 Å². The fourth-order valence-corrected chi connectivity index (χ4v) is 2.42. The SMILES string of the molecule is O=[N+]([O-])c1cccc(Br)c1OCc1ccccc1Br. The van der Waals surface area contributed by atoms with Crippen molar-refractivity contribution in [1.82, 2.24) is 0 Å². The van der Waals surface area contributed by atoms with Crippen LogP contribution in [0.1, 0.15) is 5.56 Å². The van der Waals surface area contributed by atoms with Gasteiger partial charge in [-0.1, -0.05) is 40.2 Å². The van der Waals surface area contributed by atoms with Crippen molar-refractivity contribution in [2.75, 3.05) is 0 Å². The predicted octanol–water partition coefficient (Wildman–Crippen LogP) is 4.70. The van der Waals surface area contributed by atoms with Gasteiger partial charge in [-0.25, -0.2) is 0 Å². The molecule has 0 N–H and O–H groups in total. The van der Waals surface area contributed by atoms with Gasteiger partial charge in [0, 0.05) is 16.1 Å². The Morgan fingerprint density at radius 3 is 2.42 bits per heavy atom. The van der Waals surface area contributed by atoms with E-state index >= 15 is 0 Å². The van der Waals surface area contributed by atoms with Crippen LogP contribution in [0.5, 0.6) is 5.75 Å². The maximum absolute atomic E-state index is 10.9. The highest BCUT2D eigenvalue weighted by molar-refractivity contribution is 9.10. The molecule has 0 aromatic heterocycles. The molecule has 0 atom stereocenters. The van der Waals surface area contributed by atoms with Crippen molar-refractivity contribution >= 4 is 37.5 Å². The smallest absolute Gasteiger partial charge is 0.312 e. The Kier molecular flexibility index (Phi) is 4.55. The average Bonchev–Trinajstić information content (AvgIpc) is 2.38. The van der Waals surface area contributed by atoms with E-state index in [9.17, 15) is 10.1 Å². The average molecular weight is 387 g/mol. The maximum atomic E-state index is 10.9. The molecular formula is C13H9Br2NO3. The lowest BCUT2D eigenvalue weighted by atomic mass is 10.2. The molecule has 0 heterocycles. The van der Waals surface area contributed by atoms with Crippen LogP contribution in [0, 0.1) is 10.1 Å². The summed E-state index contributed by atoms with van der Waals surface area (Å²) < 4.78 is 7.05. The van der Waals surface area contributed by atoms with Crippen molar-refractivity contribution in [3.8, 4) is 5.75 Å². The van der Waals surface area contributed by atoms with Crippen LogP contribution in [0.25, 0.3) is 0 Å². The zero-order valence-corrected chi connectivity index (χ0v) is 12.8. The lowest BCUT2D eigenvalue weighted by Gasteiger charge is -2.09. The number of rotatable bonds is 4. The van der Waals surface area contributed by atoms with Crippen LogP contribution in [0.4, 0.5) is 5.69 Å². The minimum atomic E-state index is -0.458. The monoisotopic (exact) mass is 385 g/mol. The third-order valence-electron chi connectivity index (χ3n) is 2.47. The molecule has 0 unspecified atom stereocenters. The number of para-hydroxylation sites is 1. The highest BCUT2D eigenvalue weighted by Gasteiger charge is 2.18. The minimum absolute atomic E-state index is 0.0542. The number of benzene rings is 2. The lowest BCUT2D eigenvalue weighted by molar-refractivity contribution is -0.386. The molecule has 0 saturated carbocycles. The van der Waals surface area contributed by atoms with E-state index in [0.29, 0.717) is 4.47 Å². The van der Waals surface area contributed by atoms with Crippen molar-refractivity contribution in [2.45, 2.75) is 6.61 Å². The summed E-state index contributed by atoms with van der Waals surface area (Å²) in [5, 5.41) is 10.9. The number of nitrogens with zero attached hydrogens (tertiary/aromatic N) is 1. The van der Waals surface area contributed by atoms with Gasteiger partial charge >= 0.3 is 5.69 Å². The van der Waals surface area contributed by atoms with Gasteiger partial charge in [0.25, 0.3) is 0 Å². The molecule has 0 saturated heterocycles. The summed E-state index contributed by atoms with van der Waals surface area (Å²) in [5.41, 5.74) is 0.869. The Morgan fingerprint density at radius 2 is 1.74 bits per heavy atom. The quantitative estimate of drug-likeness (QED) is 0.565. The van der Waals surface area contributed by atoms with Crippen molar-refractivity contribution in [1.29, 1.82) is 0 Å². The van der Waals surface area contributed by atoms with Crippen molar-refractivity contribution in [3.05, 3.63) is 67.1 Å². The van der Waals surface area contributed by atoms with Gasteiger partial charge in [-0.2, -0.15) is 0 Å². The molecule has 19 heavy (non-hydrogen) atoms. The van der Waals surface area contributed by atoms with Crippen LogP contribution in [0.15, 0.2) is 51.4 Å². The fraction of sp³-hybridized carbons (Fsp3) is 0.0769. The normalized spacial score (nSPS) is 10.2. The minimum Gasteiger partial charge on any atom is -0.481 e. The van der Waals surface area contributed by atoms with Crippen LogP contribution in [-0.4, -0.2) is 4.92 Å². The van der Waals surface area contributed by atoms with E-state index in [4.69, 9.17) is 4.74 Å². The number of halogens is 2. The van der Waals surface area contributed by atoms with Gasteiger partial charge in [0.15, 0.2) is 0 Å². The van der Waals surface area contributed by atoms with Crippen LogP contribution in [-0.2, 0) is 6.61 Å². The van der Waals surface area contributed by atoms with Gasteiger partial charge in [-0.15, -0.1) is 0 Å². The van der Waals surface area contributed by atoms with E-state index in [1.807, 2.05) is 24.3 Å². The maximum Gasteiger partial charge on any atom is 0.312 e. The molecule has 2 rings (SSSR count). The number of ether oxygens (including phenoxy) is 1. The zero-order valence-electron chi connectivity index (χ0n) is 9.68. The first-order chi connectivity index (χ1) is 9.09. The molecule has 2 aromatic carbocycles. The van der Waals surface area contributed by atoms with Crippen molar-refractivity contribution in [2.24, 2.45) is 0 Å². The number of hydrogen-bond donors (Lipinski definition) is 0. The molecule has 0 fully saturated rings. The molecule has 4 nitrogen and oxygen atoms in total. The fourth-order valence-electron chi connectivity index (χ4n) is 1.55. The van der Waals surface area contributed by atoms with Crippen LogP contribution in [0.2, 0.25) is 0 Å². The van der Waals surface area contributed by atoms with E-state index in [1.54, 1.807) is 12.1 Å². The van der Waals surface area contributed by atoms with E-state index < -0.39 is 4.92 Å². The second-order valence-electron chi connectivity index (χ2n) is 3.73. The molecule has 0 aliphatic carbocycles. The third kappa shape index (κ3) is 3.33. The van der Waals surface area contributed by atoms with Crippen LogP contribution >= 0.6 is 31.9 Å². The van der Waals surface area contributed by atoms with Gasteiger partial charge in [0.2, 0.25) is 5.75 Å². The lowest BCUT2D eigenvalue weighted by Crippen LogP contribution is -2.00. The Hall–Kier alpha value is -1.40. The molecule has 0 bridgehead atoms. The second kappa shape index (κ2) is 6.16. The highest BCUT2D eigenvalue weighted by Crippen LogP contribution is 2.35. The zero-order chi connectivity index (χ0) is 13.8. The standard InChI is InChI=1S/C13H9Br2NO3/c14-10-5-2-1-4-9(10)8-19-13-11(15)6-3-7-12(13)16(17)18/h1-7H,8H2. The second-order valence-corrected chi connectivity index (χ2v) is 5.43. The van der Waals surface area contributed by atoms with Gasteiger partial charge in [-0.3, -0.25) is 10.1 Å². The van der Waals surface area contributed by atoms with Crippen molar-refractivity contribution in [3.63, 3.8) is 0 Å². The molecule has 0 spiro atoms. The summed E-state index contributed by atoms with van der Waals surface area (Å²) in [7, 11) is 0. The first kappa shape index (κ1) is 14.0. The highest BCUT2D eigenvalue weighted by atomic mass is 79.9. The Bertz CT molecular complexity index is 617. The van der Waals surface area contributed by atoms with Crippen molar-refractivity contribution < 1.29 is 9.66 Å². The molecule has 0 aliphatic heterocycles. The van der Waals surface area contributed by atoms with E-state index in [-0.39, 0.29) is 18.0 Å². The molecule has 2 aromatic rings. The van der Waals surface area contributed by atoms with Gasteiger partial charge in [0.05, 0.1) is 9.40 Å². The van der Waals surface area contributed by atoms with Gasteiger partial charge in [0.1, 0.15) is 6.61 Å². The summed E-state index contributed by atoms with van der Waals surface area (Å²) in [6.07, 6.45) is 0. The molecular weight excluding hydrogens is 378 g/mol. The summed E-state index contributed by atoms with van der Waals surface area (Å²) in [6.45, 7) is 0.255. The summed E-state index contributed by atoms with van der Waals surface area (Å²) in [6, 6.07) is 12.3. The summed E-state index contributed by atoms with van der Waals surface area (Å²) in [5.74, 6) is 0.239. The molecule has 0 aliphatic rings. The summed E-state index contributed by atoms with van der Waals surface area (Å²) >= 11 is 6.68. The Morgan fingerprint density at radius 1 is 1.05 bits per heavy atom. The third-order valence-corrected chi connectivity index (χ3v) is 3.87. The van der Waals surface area contributed by atoms with Gasteiger partial charge < -0.3 is 4.74 Å². The Labute approximate surface area is 126 Å². The Balaban J connectivity index is 2.25. The first-order valence-electron chi connectivity index (χ1n) is 5.38. The molecule has 0 radical (unpaired) electrons. The van der Waals surface area contributed by atoms with Crippen LogP contribution < -0.4 is 4.74 Å². The number of nitro benzene ring substituents is 1. The molecule has 0 amide bonds. The molecule has 6 heteroatoms. The number of nitro groups is 1. The predicted molar refractivity (Wildman–Crippen MR) is 79.3 cm³/mol. The number of hydrogen-bond acceptors (Lipinski definition) is 3. The van der Waals surface area contributed by atoms with E-state index in [0.717, 1.165) is 10.0 Å². The summed E-state index contributed by atoms with van der Waals surface area (Å²) in [4.78, 5) is 10.5. The van der Waals surface area contributed by atoms with E-state index in [1.165, 1.54) is 6.07 Å². The largest absolute Gasteiger partial charge is 0.481 e. The van der Waals surface area contributed by atoms with Crippen LogP contribution in [0.3, 0.4) is 0 Å².